The maximum atomic E-state index is 6.54. The van der Waals surface area contributed by atoms with Crippen LogP contribution in [0.4, 0.5) is 0 Å². The molecule has 1 aliphatic heterocycles. The topological polar surface area (TPSA) is 34.2 Å². The van der Waals surface area contributed by atoms with Crippen LogP contribution >= 0.6 is 0 Å². The van der Waals surface area contributed by atoms with Gasteiger partial charge in [-0.05, 0) is 38.1 Å². The predicted octanol–water partition coefficient (Wildman–Crippen LogP) is 7.49. The number of hydrogen-bond donors (Lipinski definition) is 0. The highest BCUT2D eigenvalue weighted by Crippen LogP contribution is 2.25. The SMILES string of the molecule is CCCCCCCN(CC)C1CCOCCC(N(CC)CCCCCCC)Oc2cccc(c2)O1. The van der Waals surface area contributed by atoms with Gasteiger partial charge in [0.2, 0.25) is 0 Å². The summed E-state index contributed by atoms with van der Waals surface area (Å²) in [4.78, 5) is 4.93. The first-order valence-electron chi connectivity index (χ1n) is 14.7. The van der Waals surface area contributed by atoms with Gasteiger partial charge < -0.3 is 14.2 Å². The molecule has 0 saturated carbocycles. The van der Waals surface area contributed by atoms with E-state index in [0.717, 1.165) is 50.5 Å². The summed E-state index contributed by atoms with van der Waals surface area (Å²) in [5, 5.41) is 0. The van der Waals surface area contributed by atoms with Gasteiger partial charge in [-0.3, -0.25) is 9.80 Å². The summed E-state index contributed by atoms with van der Waals surface area (Å²) < 4.78 is 19.2. The van der Waals surface area contributed by atoms with Gasteiger partial charge in [0.15, 0.2) is 12.5 Å². The Bertz CT molecular complexity index is 593. The number of ether oxygens (including phenoxy) is 3. The molecule has 0 fully saturated rings. The van der Waals surface area contributed by atoms with Crippen LogP contribution in [-0.2, 0) is 4.74 Å². The molecule has 0 N–H and O–H groups in total. The first-order chi connectivity index (χ1) is 17.2. The fourth-order valence-electron chi connectivity index (χ4n) is 4.89. The Morgan fingerprint density at radius 3 is 1.54 bits per heavy atom. The molecule has 2 rings (SSSR count). The second kappa shape index (κ2) is 18.9. The lowest BCUT2D eigenvalue weighted by atomic mass is 10.1. The molecule has 1 aromatic rings. The molecule has 0 saturated heterocycles. The van der Waals surface area contributed by atoms with E-state index in [1.807, 2.05) is 0 Å². The van der Waals surface area contributed by atoms with Crippen LogP contribution in [0, 0.1) is 0 Å². The lowest BCUT2D eigenvalue weighted by Gasteiger charge is -2.33. The number of unbranched alkanes of at least 4 members (excludes halogenated alkanes) is 8. The molecule has 2 atom stereocenters. The van der Waals surface area contributed by atoms with Gasteiger partial charge in [0.25, 0.3) is 0 Å². The number of rotatable bonds is 16. The van der Waals surface area contributed by atoms with Gasteiger partial charge in [0.05, 0.1) is 13.2 Å². The summed E-state index contributed by atoms with van der Waals surface area (Å²) >= 11 is 0. The van der Waals surface area contributed by atoms with E-state index < -0.39 is 0 Å². The van der Waals surface area contributed by atoms with Crippen molar-refractivity contribution in [2.45, 2.75) is 117 Å². The number of nitrogens with zero attached hydrogens (tertiary/aromatic N) is 2. The minimum Gasteiger partial charge on any atom is -0.475 e. The largest absolute Gasteiger partial charge is 0.475 e. The van der Waals surface area contributed by atoms with Crippen LogP contribution in [0.1, 0.15) is 105 Å². The summed E-state index contributed by atoms with van der Waals surface area (Å²) in [6.07, 6.45) is 14.8. The smallest absolute Gasteiger partial charge is 0.154 e. The van der Waals surface area contributed by atoms with Crippen molar-refractivity contribution >= 4 is 0 Å². The number of fused-ring (bicyclic) bond motifs is 2. The molecule has 202 valence electrons. The third-order valence-electron chi connectivity index (χ3n) is 7.09. The molecule has 5 nitrogen and oxygen atoms in total. The standard InChI is InChI=1S/C30H54N2O3/c1-5-9-11-13-15-22-31(7-3)29-20-24-33-25-21-30(32(8-4)23-16-14-12-10-6-2)35-28-19-17-18-27(26-28)34-29/h17-19,26,29-30H,5-16,20-25H2,1-4H3. The van der Waals surface area contributed by atoms with E-state index in [1.54, 1.807) is 0 Å². The Balaban J connectivity index is 2.02. The summed E-state index contributed by atoms with van der Waals surface area (Å²) in [5.41, 5.74) is 0. The minimum atomic E-state index is 0.0342. The third kappa shape index (κ3) is 12.0. The van der Waals surface area contributed by atoms with E-state index in [-0.39, 0.29) is 12.5 Å². The fourth-order valence-corrected chi connectivity index (χ4v) is 4.89. The zero-order chi connectivity index (χ0) is 25.1. The van der Waals surface area contributed by atoms with Crippen LogP contribution in [0.25, 0.3) is 0 Å². The van der Waals surface area contributed by atoms with Crippen molar-refractivity contribution < 1.29 is 14.2 Å². The highest BCUT2D eigenvalue weighted by Gasteiger charge is 2.22. The Morgan fingerprint density at radius 2 is 1.11 bits per heavy atom. The second-order valence-electron chi connectivity index (χ2n) is 9.90. The molecule has 0 radical (unpaired) electrons. The normalized spacial score (nSPS) is 19.1. The quantitative estimate of drug-likeness (QED) is 0.224. The third-order valence-corrected chi connectivity index (χ3v) is 7.09. The van der Waals surface area contributed by atoms with Gasteiger partial charge in [-0.25, -0.2) is 0 Å². The lowest BCUT2D eigenvalue weighted by Crippen LogP contribution is -2.42. The van der Waals surface area contributed by atoms with Gasteiger partial charge in [0.1, 0.15) is 11.5 Å². The van der Waals surface area contributed by atoms with E-state index >= 15 is 0 Å². The van der Waals surface area contributed by atoms with E-state index in [0.29, 0.717) is 13.2 Å². The minimum absolute atomic E-state index is 0.0342. The number of hydrogen-bond acceptors (Lipinski definition) is 5. The van der Waals surface area contributed by atoms with Crippen molar-refractivity contribution in [2.24, 2.45) is 0 Å². The summed E-state index contributed by atoms with van der Waals surface area (Å²) in [7, 11) is 0. The molecule has 2 bridgehead atoms. The average Bonchev–Trinajstić information content (AvgIpc) is 2.87. The zero-order valence-electron chi connectivity index (χ0n) is 23.3. The molecular weight excluding hydrogens is 436 g/mol. The highest BCUT2D eigenvalue weighted by molar-refractivity contribution is 5.33. The Labute approximate surface area is 216 Å². The highest BCUT2D eigenvalue weighted by atomic mass is 16.5. The second-order valence-corrected chi connectivity index (χ2v) is 9.90. The van der Waals surface area contributed by atoms with E-state index in [1.165, 1.54) is 64.2 Å². The van der Waals surface area contributed by atoms with Crippen LogP contribution in [-0.4, -0.2) is 61.6 Å². The van der Waals surface area contributed by atoms with Crippen LogP contribution in [0.15, 0.2) is 24.3 Å². The molecule has 35 heavy (non-hydrogen) atoms. The average molecular weight is 491 g/mol. The Hall–Kier alpha value is -1.30. The van der Waals surface area contributed by atoms with E-state index in [2.05, 4.69) is 61.8 Å². The molecule has 0 aromatic heterocycles. The van der Waals surface area contributed by atoms with Crippen LogP contribution in [0.3, 0.4) is 0 Å². The maximum absolute atomic E-state index is 6.54. The zero-order valence-corrected chi connectivity index (χ0v) is 23.3. The van der Waals surface area contributed by atoms with Crippen molar-refractivity contribution in [1.29, 1.82) is 0 Å². The van der Waals surface area contributed by atoms with Crippen molar-refractivity contribution in [3.8, 4) is 11.5 Å². The summed E-state index contributed by atoms with van der Waals surface area (Å²) in [6, 6.07) is 8.25. The molecule has 1 aromatic carbocycles. The molecule has 5 heteroatoms. The molecule has 0 amide bonds. The van der Waals surface area contributed by atoms with Crippen molar-refractivity contribution in [2.75, 3.05) is 39.4 Å². The lowest BCUT2D eigenvalue weighted by molar-refractivity contribution is -0.0260. The van der Waals surface area contributed by atoms with E-state index in [4.69, 9.17) is 14.2 Å². The first kappa shape index (κ1) is 29.9. The summed E-state index contributed by atoms with van der Waals surface area (Å²) in [5.74, 6) is 1.78. The molecule has 0 spiro atoms. The first-order valence-corrected chi connectivity index (χ1v) is 14.7. The van der Waals surface area contributed by atoms with Crippen molar-refractivity contribution in [3.63, 3.8) is 0 Å². The van der Waals surface area contributed by atoms with Crippen LogP contribution < -0.4 is 9.47 Å². The predicted molar refractivity (Wildman–Crippen MR) is 147 cm³/mol. The molecule has 2 unspecified atom stereocenters. The molecule has 1 aliphatic rings. The Morgan fingerprint density at radius 1 is 0.657 bits per heavy atom. The van der Waals surface area contributed by atoms with Crippen molar-refractivity contribution in [3.05, 3.63) is 24.3 Å². The van der Waals surface area contributed by atoms with Gasteiger partial charge in [0, 0.05) is 32.0 Å². The van der Waals surface area contributed by atoms with Gasteiger partial charge in [-0.1, -0.05) is 85.1 Å². The van der Waals surface area contributed by atoms with Crippen LogP contribution in [0.2, 0.25) is 0 Å². The van der Waals surface area contributed by atoms with Gasteiger partial charge in [-0.2, -0.15) is 0 Å². The van der Waals surface area contributed by atoms with Gasteiger partial charge in [-0.15, -0.1) is 0 Å². The monoisotopic (exact) mass is 490 g/mol. The molecular formula is C30H54N2O3. The summed E-state index contributed by atoms with van der Waals surface area (Å²) in [6.45, 7) is 14.6. The van der Waals surface area contributed by atoms with E-state index in [9.17, 15) is 0 Å². The fraction of sp³-hybridized carbons (Fsp3) is 0.800. The van der Waals surface area contributed by atoms with Crippen molar-refractivity contribution in [1.82, 2.24) is 9.80 Å². The molecule has 1 heterocycles. The number of benzene rings is 1. The Kier molecular flexibility index (Phi) is 16.2. The van der Waals surface area contributed by atoms with Crippen LogP contribution in [0.5, 0.6) is 11.5 Å². The maximum Gasteiger partial charge on any atom is 0.154 e. The molecule has 0 aliphatic carbocycles. The van der Waals surface area contributed by atoms with Gasteiger partial charge >= 0.3 is 0 Å².